The number of thioether (sulfide) groups is 1. The van der Waals surface area contributed by atoms with Crippen LogP contribution in [0.2, 0.25) is 0 Å². The molecule has 0 saturated carbocycles. The molecule has 0 bridgehead atoms. The van der Waals surface area contributed by atoms with Gasteiger partial charge in [0.25, 0.3) is 0 Å². The number of aryl methyl sites for hydroxylation is 2. The predicted octanol–water partition coefficient (Wildman–Crippen LogP) is 3.43. The molecular weight excluding hydrogens is 256 g/mol. The highest BCUT2D eigenvalue weighted by Crippen LogP contribution is 2.16. The Balaban J connectivity index is 1.84. The summed E-state index contributed by atoms with van der Waals surface area (Å²) in [5.74, 6) is 0.348. The van der Waals surface area contributed by atoms with E-state index in [9.17, 15) is 4.79 Å². The summed E-state index contributed by atoms with van der Waals surface area (Å²) in [6.07, 6.45) is 1.81. The summed E-state index contributed by atoms with van der Waals surface area (Å²) < 4.78 is 0. The Labute approximate surface area is 117 Å². The standard InChI is InChI=1S/C15H16N2OS/c1-11-3-6-13(7-4-11)17-14(18)10-19-15-8-5-12(2)9-16-15/h3-9H,10H2,1-2H3,(H,17,18). The molecule has 0 spiro atoms. The van der Waals surface area contributed by atoms with E-state index in [1.807, 2.05) is 50.2 Å². The Hall–Kier alpha value is -1.81. The Bertz CT molecular complexity index is 549. The summed E-state index contributed by atoms with van der Waals surface area (Å²) in [4.78, 5) is 16.0. The number of nitrogens with one attached hydrogen (secondary N) is 1. The third kappa shape index (κ3) is 4.41. The van der Waals surface area contributed by atoms with Crippen molar-refractivity contribution in [2.75, 3.05) is 11.1 Å². The van der Waals surface area contributed by atoms with Crippen LogP contribution < -0.4 is 5.32 Å². The van der Waals surface area contributed by atoms with Gasteiger partial charge in [0.15, 0.2) is 0 Å². The molecule has 0 fully saturated rings. The van der Waals surface area contributed by atoms with Gasteiger partial charge in [-0.2, -0.15) is 0 Å². The molecule has 1 aromatic carbocycles. The highest BCUT2D eigenvalue weighted by molar-refractivity contribution is 7.99. The fourth-order valence-corrected chi connectivity index (χ4v) is 2.16. The molecule has 0 atom stereocenters. The zero-order chi connectivity index (χ0) is 13.7. The first-order chi connectivity index (χ1) is 9.13. The van der Waals surface area contributed by atoms with Crippen LogP contribution in [0.15, 0.2) is 47.6 Å². The van der Waals surface area contributed by atoms with Crippen LogP contribution >= 0.6 is 11.8 Å². The summed E-state index contributed by atoms with van der Waals surface area (Å²) >= 11 is 1.44. The highest BCUT2D eigenvalue weighted by Gasteiger charge is 2.04. The van der Waals surface area contributed by atoms with Gasteiger partial charge in [-0.25, -0.2) is 4.98 Å². The van der Waals surface area contributed by atoms with Gasteiger partial charge in [-0.05, 0) is 37.6 Å². The summed E-state index contributed by atoms with van der Waals surface area (Å²) in [6, 6.07) is 11.7. The second-order valence-electron chi connectivity index (χ2n) is 4.38. The lowest BCUT2D eigenvalue weighted by atomic mass is 10.2. The number of carbonyl (C=O) groups is 1. The minimum absolute atomic E-state index is 0.0174. The van der Waals surface area contributed by atoms with E-state index in [1.165, 1.54) is 17.3 Å². The fourth-order valence-electron chi connectivity index (χ4n) is 1.51. The molecule has 1 aromatic heterocycles. The number of rotatable bonds is 4. The molecule has 0 saturated heterocycles. The maximum Gasteiger partial charge on any atom is 0.234 e. The quantitative estimate of drug-likeness (QED) is 0.867. The molecule has 2 aromatic rings. The molecule has 19 heavy (non-hydrogen) atoms. The van der Waals surface area contributed by atoms with E-state index in [-0.39, 0.29) is 5.91 Å². The van der Waals surface area contributed by atoms with Gasteiger partial charge in [-0.1, -0.05) is 35.5 Å². The zero-order valence-electron chi connectivity index (χ0n) is 11.0. The number of hydrogen-bond acceptors (Lipinski definition) is 3. The first-order valence-electron chi connectivity index (χ1n) is 6.05. The van der Waals surface area contributed by atoms with Crippen molar-refractivity contribution in [3.63, 3.8) is 0 Å². The highest BCUT2D eigenvalue weighted by atomic mass is 32.2. The maximum atomic E-state index is 11.8. The van der Waals surface area contributed by atoms with Gasteiger partial charge in [0, 0.05) is 11.9 Å². The lowest BCUT2D eigenvalue weighted by Gasteiger charge is -2.05. The molecule has 0 unspecified atom stereocenters. The second kappa shape index (κ2) is 6.38. The number of amides is 1. The Morgan fingerprint density at radius 2 is 1.79 bits per heavy atom. The maximum absolute atomic E-state index is 11.8. The topological polar surface area (TPSA) is 42.0 Å². The van der Waals surface area contributed by atoms with Crippen molar-refractivity contribution in [3.8, 4) is 0 Å². The third-order valence-corrected chi connectivity index (χ3v) is 3.51. The van der Waals surface area contributed by atoms with Gasteiger partial charge >= 0.3 is 0 Å². The SMILES string of the molecule is Cc1ccc(NC(=O)CSc2ccc(C)cn2)cc1. The van der Waals surface area contributed by atoms with Crippen LogP contribution in [0.25, 0.3) is 0 Å². The molecule has 98 valence electrons. The van der Waals surface area contributed by atoms with Crippen molar-refractivity contribution in [1.82, 2.24) is 4.98 Å². The van der Waals surface area contributed by atoms with Crippen molar-refractivity contribution >= 4 is 23.4 Å². The molecule has 4 heteroatoms. The Morgan fingerprint density at radius 3 is 2.42 bits per heavy atom. The van der Waals surface area contributed by atoms with Gasteiger partial charge in [0.05, 0.1) is 10.8 Å². The minimum atomic E-state index is -0.0174. The molecule has 0 aliphatic rings. The van der Waals surface area contributed by atoms with Gasteiger partial charge in [-0.15, -0.1) is 0 Å². The minimum Gasteiger partial charge on any atom is -0.325 e. The van der Waals surface area contributed by atoms with E-state index in [0.717, 1.165) is 16.3 Å². The lowest BCUT2D eigenvalue weighted by Crippen LogP contribution is -2.13. The van der Waals surface area contributed by atoms with Crippen LogP contribution in [0, 0.1) is 13.8 Å². The summed E-state index contributed by atoms with van der Waals surface area (Å²) in [5.41, 5.74) is 3.12. The van der Waals surface area contributed by atoms with Crippen LogP contribution in [-0.2, 0) is 4.79 Å². The van der Waals surface area contributed by atoms with Crippen molar-refractivity contribution in [2.45, 2.75) is 18.9 Å². The normalized spacial score (nSPS) is 10.2. The number of aromatic nitrogens is 1. The largest absolute Gasteiger partial charge is 0.325 e. The monoisotopic (exact) mass is 272 g/mol. The molecule has 0 aliphatic carbocycles. The van der Waals surface area contributed by atoms with Gasteiger partial charge < -0.3 is 5.32 Å². The molecule has 1 amide bonds. The van der Waals surface area contributed by atoms with E-state index < -0.39 is 0 Å². The van der Waals surface area contributed by atoms with E-state index in [0.29, 0.717) is 5.75 Å². The summed E-state index contributed by atoms with van der Waals surface area (Å²) in [6.45, 7) is 4.01. The van der Waals surface area contributed by atoms with Crippen LogP contribution in [0.5, 0.6) is 0 Å². The van der Waals surface area contributed by atoms with Crippen LogP contribution in [0.4, 0.5) is 5.69 Å². The van der Waals surface area contributed by atoms with Crippen LogP contribution in [-0.4, -0.2) is 16.6 Å². The average Bonchev–Trinajstić information content (AvgIpc) is 2.41. The van der Waals surface area contributed by atoms with E-state index >= 15 is 0 Å². The van der Waals surface area contributed by atoms with Crippen molar-refractivity contribution in [2.24, 2.45) is 0 Å². The zero-order valence-corrected chi connectivity index (χ0v) is 11.8. The molecule has 3 nitrogen and oxygen atoms in total. The molecule has 1 heterocycles. The average molecular weight is 272 g/mol. The molecule has 2 rings (SSSR count). The first-order valence-corrected chi connectivity index (χ1v) is 7.04. The number of anilines is 1. The lowest BCUT2D eigenvalue weighted by molar-refractivity contribution is -0.113. The molecule has 0 aliphatic heterocycles. The number of benzene rings is 1. The van der Waals surface area contributed by atoms with Gasteiger partial charge in [0.1, 0.15) is 0 Å². The van der Waals surface area contributed by atoms with E-state index in [1.54, 1.807) is 6.20 Å². The molecule has 1 N–H and O–H groups in total. The van der Waals surface area contributed by atoms with Crippen LogP contribution in [0.3, 0.4) is 0 Å². The Kier molecular flexibility index (Phi) is 4.58. The van der Waals surface area contributed by atoms with E-state index in [2.05, 4.69) is 10.3 Å². The molecule has 0 radical (unpaired) electrons. The predicted molar refractivity (Wildman–Crippen MR) is 79.5 cm³/mol. The smallest absolute Gasteiger partial charge is 0.234 e. The van der Waals surface area contributed by atoms with Crippen molar-refractivity contribution in [3.05, 3.63) is 53.7 Å². The molecular formula is C15H16N2OS. The second-order valence-corrected chi connectivity index (χ2v) is 5.37. The Morgan fingerprint density at radius 1 is 1.11 bits per heavy atom. The number of hydrogen-bond donors (Lipinski definition) is 1. The number of pyridine rings is 1. The summed E-state index contributed by atoms with van der Waals surface area (Å²) in [5, 5.41) is 3.73. The third-order valence-electron chi connectivity index (χ3n) is 2.57. The van der Waals surface area contributed by atoms with E-state index in [4.69, 9.17) is 0 Å². The van der Waals surface area contributed by atoms with Crippen LogP contribution in [0.1, 0.15) is 11.1 Å². The number of carbonyl (C=O) groups excluding carboxylic acids is 1. The van der Waals surface area contributed by atoms with Crippen molar-refractivity contribution in [1.29, 1.82) is 0 Å². The van der Waals surface area contributed by atoms with Gasteiger partial charge in [-0.3, -0.25) is 4.79 Å². The fraction of sp³-hybridized carbons (Fsp3) is 0.200. The first kappa shape index (κ1) is 13.6. The summed E-state index contributed by atoms with van der Waals surface area (Å²) in [7, 11) is 0. The van der Waals surface area contributed by atoms with Gasteiger partial charge in [0.2, 0.25) is 5.91 Å². The van der Waals surface area contributed by atoms with Crippen molar-refractivity contribution < 1.29 is 4.79 Å². The number of nitrogens with zero attached hydrogens (tertiary/aromatic N) is 1.